The molecule has 5 aromatic rings. The van der Waals surface area contributed by atoms with Gasteiger partial charge in [0.25, 0.3) is 11.5 Å². The second-order valence-electron chi connectivity index (χ2n) is 10.2. The summed E-state index contributed by atoms with van der Waals surface area (Å²) in [6.45, 7) is 1.96. The fourth-order valence-corrected chi connectivity index (χ4v) is 6.64. The number of amides is 1. The third-order valence-corrected chi connectivity index (χ3v) is 8.86. The van der Waals surface area contributed by atoms with Gasteiger partial charge >= 0.3 is 0 Å². The van der Waals surface area contributed by atoms with Crippen molar-refractivity contribution in [2.45, 2.75) is 19.6 Å². The number of anilines is 1. The molecule has 1 aliphatic rings. The Bertz CT molecular complexity index is 2190. The lowest BCUT2D eigenvalue weighted by Gasteiger charge is -2.25. The topological polar surface area (TPSA) is 96.5 Å². The maximum atomic E-state index is 14.0. The van der Waals surface area contributed by atoms with Crippen LogP contribution in [0.3, 0.4) is 0 Å². The number of hydrogen-bond donors (Lipinski definition) is 1. The van der Waals surface area contributed by atoms with Gasteiger partial charge in [0, 0.05) is 11.3 Å². The fraction of sp³-hybridized carbons (Fsp3) is 0.0857. The second-order valence-corrected chi connectivity index (χ2v) is 12.1. The number of halogens is 2. The lowest BCUT2D eigenvalue weighted by Crippen LogP contribution is -2.40. The molecule has 2 heterocycles. The highest BCUT2D eigenvalue weighted by Gasteiger charge is 2.32. The van der Waals surface area contributed by atoms with Crippen LogP contribution < -0.4 is 24.9 Å². The zero-order valence-corrected chi connectivity index (χ0v) is 26.2. The van der Waals surface area contributed by atoms with Gasteiger partial charge < -0.3 is 10.1 Å². The van der Waals surface area contributed by atoms with Crippen molar-refractivity contribution in [1.29, 1.82) is 5.26 Å². The van der Waals surface area contributed by atoms with Crippen molar-refractivity contribution in [2.24, 2.45) is 4.99 Å². The maximum Gasteiger partial charge on any atom is 0.271 e. The summed E-state index contributed by atoms with van der Waals surface area (Å²) in [6, 6.07) is 28.9. The van der Waals surface area contributed by atoms with Crippen molar-refractivity contribution in [2.75, 3.05) is 5.32 Å². The lowest BCUT2D eigenvalue weighted by atomic mass is 9.95. The van der Waals surface area contributed by atoms with E-state index in [0.717, 1.165) is 11.1 Å². The van der Waals surface area contributed by atoms with Gasteiger partial charge in [0.2, 0.25) is 0 Å². The Morgan fingerprint density at radius 3 is 2.56 bits per heavy atom. The lowest BCUT2D eigenvalue weighted by molar-refractivity contribution is -0.113. The summed E-state index contributed by atoms with van der Waals surface area (Å²) in [7, 11) is 0. The molecule has 1 atom stereocenters. The summed E-state index contributed by atoms with van der Waals surface area (Å²) in [6.07, 6.45) is 1.76. The van der Waals surface area contributed by atoms with Crippen LogP contribution in [-0.2, 0) is 11.4 Å². The van der Waals surface area contributed by atoms with E-state index >= 15 is 0 Å². The monoisotopic (exact) mass is 678 g/mol. The van der Waals surface area contributed by atoms with Crippen LogP contribution in [0.25, 0.3) is 6.08 Å². The number of hydrogen-bond acceptors (Lipinski definition) is 6. The molecule has 1 aliphatic heterocycles. The highest BCUT2D eigenvalue weighted by molar-refractivity contribution is 9.10. The Labute approximate surface area is 270 Å². The normalized spacial score (nSPS) is 14.4. The number of carbonyl (C=O) groups is 1. The van der Waals surface area contributed by atoms with E-state index in [1.54, 1.807) is 55.5 Å². The van der Waals surface area contributed by atoms with Crippen molar-refractivity contribution in [3.8, 4) is 11.8 Å². The zero-order chi connectivity index (χ0) is 31.5. The SMILES string of the molecule is CC1=C(C(=O)Nc2ccccc2)[C@@H](c2ccc(F)cc2)n2c(s/c(=C/c3ccc(OCc4ccccc4C#N)c(Br)c3)c2=O)=N1. The van der Waals surface area contributed by atoms with E-state index in [2.05, 4.69) is 32.3 Å². The number of allylic oxidation sites excluding steroid dienone is 1. The smallest absolute Gasteiger partial charge is 0.271 e. The van der Waals surface area contributed by atoms with Gasteiger partial charge in [-0.3, -0.25) is 14.2 Å². The number of nitrogens with one attached hydrogen (secondary N) is 1. The molecule has 0 fully saturated rings. The Balaban J connectivity index is 1.36. The van der Waals surface area contributed by atoms with E-state index in [9.17, 15) is 19.2 Å². The maximum absolute atomic E-state index is 14.0. The molecule has 0 bridgehead atoms. The quantitative estimate of drug-likeness (QED) is 0.221. The van der Waals surface area contributed by atoms with Crippen LogP contribution in [0.5, 0.6) is 5.75 Å². The molecular formula is C35H24BrFN4O3S. The molecule has 6 rings (SSSR count). The molecule has 0 saturated heterocycles. The Hall–Kier alpha value is -5.11. The number of rotatable bonds is 7. The third-order valence-electron chi connectivity index (χ3n) is 7.26. The molecule has 0 aliphatic carbocycles. The third kappa shape index (κ3) is 6.27. The predicted octanol–water partition coefficient (Wildman–Crippen LogP) is 6.23. The molecule has 7 nitrogen and oxygen atoms in total. The minimum Gasteiger partial charge on any atom is -0.488 e. The zero-order valence-electron chi connectivity index (χ0n) is 23.8. The number of nitriles is 1. The van der Waals surface area contributed by atoms with Crippen molar-refractivity contribution < 1.29 is 13.9 Å². The van der Waals surface area contributed by atoms with Gasteiger partial charge in [-0.1, -0.05) is 65.9 Å². The van der Waals surface area contributed by atoms with E-state index in [-0.39, 0.29) is 12.2 Å². The fourth-order valence-electron chi connectivity index (χ4n) is 5.08. The number of nitrogens with zero attached hydrogens (tertiary/aromatic N) is 3. The predicted molar refractivity (Wildman–Crippen MR) is 175 cm³/mol. The number of thiazole rings is 1. The summed E-state index contributed by atoms with van der Waals surface area (Å²) in [5, 5.41) is 12.3. The molecular weight excluding hydrogens is 655 g/mol. The molecule has 1 N–H and O–H groups in total. The standard InChI is InChI=1S/C35H24BrFN4O3S/c1-21-31(33(42)40-27-9-3-2-4-10-27)32(23-12-14-26(37)15-13-23)41-34(43)30(45-35(41)39-21)18-22-11-16-29(28(36)17-22)44-20-25-8-6-5-7-24(25)19-38/h2-18,32H,20H2,1H3,(H,40,42)/b30-18+/t32-/m1/s1. The van der Waals surface area contributed by atoms with Crippen molar-refractivity contribution in [3.63, 3.8) is 0 Å². The largest absolute Gasteiger partial charge is 0.488 e. The molecule has 0 saturated carbocycles. The van der Waals surface area contributed by atoms with Crippen molar-refractivity contribution in [3.05, 3.63) is 161 Å². The number of carbonyl (C=O) groups excluding carboxylic acids is 1. The van der Waals surface area contributed by atoms with E-state index in [0.29, 0.717) is 47.6 Å². The molecule has 45 heavy (non-hydrogen) atoms. The van der Waals surface area contributed by atoms with E-state index in [1.165, 1.54) is 28.0 Å². The van der Waals surface area contributed by atoms with Gasteiger partial charge in [-0.25, -0.2) is 9.38 Å². The van der Waals surface area contributed by atoms with Crippen LogP contribution in [0.2, 0.25) is 0 Å². The first-order chi connectivity index (χ1) is 21.8. The number of fused-ring (bicyclic) bond motifs is 1. The van der Waals surface area contributed by atoms with Gasteiger partial charge in [-0.05, 0) is 82.5 Å². The Morgan fingerprint density at radius 2 is 1.82 bits per heavy atom. The van der Waals surface area contributed by atoms with Crippen LogP contribution in [0.1, 0.15) is 35.2 Å². The van der Waals surface area contributed by atoms with E-state index in [1.807, 2.05) is 42.5 Å². The summed E-state index contributed by atoms with van der Waals surface area (Å²) in [5.74, 6) is -0.236. The molecule has 1 amide bonds. The first kappa shape index (κ1) is 29.9. The summed E-state index contributed by atoms with van der Waals surface area (Å²) < 4.78 is 22.5. The first-order valence-electron chi connectivity index (χ1n) is 13.9. The van der Waals surface area contributed by atoms with Crippen LogP contribution in [0.15, 0.2) is 123 Å². The van der Waals surface area contributed by atoms with Crippen LogP contribution in [0, 0.1) is 17.1 Å². The molecule has 1 aromatic heterocycles. The summed E-state index contributed by atoms with van der Waals surface area (Å²) in [4.78, 5) is 32.7. The minimum atomic E-state index is -0.813. The first-order valence-corrected chi connectivity index (χ1v) is 15.5. The van der Waals surface area contributed by atoms with Crippen LogP contribution >= 0.6 is 27.3 Å². The van der Waals surface area contributed by atoms with Gasteiger partial charge in [0.05, 0.1) is 37.9 Å². The molecule has 10 heteroatoms. The number of benzene rings is 4. The molecule has 222 valence electrons. The summed E-state index contributed by atoms with van der Waals surface area (Å²) >= 11 is 4.77. The Kier molecular flexibility index (Phi) is 8.56. The average molecular weight is 680 g/mol. The van der Waals surface area contributed by atoms with Gasteiger partial charge in [-0.15, -0.1) is 0 Å². The van der Waals surface area contributed by atoms with Crippen LogP contribution in [-0.4, -0.2) is 10.5 Å². The van der Waals surface area contributed by atoms with Gasteiger partial charge in [-0.2, -0.15) is 5.26 Å². The number of aromatic nitrogens is 1. The minimum absolute atomic E-state index is 0.225. The number of para-hydroxylation sites is 1. The van der Waals surface area contributed by atoms with Gasteiger partial charge in [0.1, 0.15) is 18.2 Å². The average Bonchev–Trinajstić information content (AvgIpc) is 3.34. The molecule has 0 spiro atoms. The molecule has 0 radical (unpaired) electrons. The molecule has 4 aromatic carbocycles. The highest BCUT2D eigenvalue weighted by Crippen LogP contribution is 2.31. The van der Waals surface area contributed by atoms with Crippen LogP contribution in [0.4, 0.5) is 10.1 Å². The highest BCUT2D eigenvalue weighted by atomic mass is 79.9. The second kappa shape index (κ2) is 12.9. The van der Waals surface area contributed by atoms with Gasteiger partial charge in [0.15, 0.2) is 4.80 Å². The Morgan fingerprint density at radius 1 is 1.09 bits per heavy atom. The summed E-state index contributed by atoms with van der Waals surface area (Å²) in [5.41, 5.74) is 3.70. The molecule has 0 unspecified atom stereocenters. The van der Waals surface area contributed by atoms with Crippen molar-refractivity contribution >= 4 is 44.9 Å². The number of ether oxygens (including phenoxy) is 1. The van der Waals surface area contributed by atoms with E-state index < -0.39 is 17.8 Å². The van der Waals surface area contributed by atoms with Crippen molar-refractivity contribution in [1.82, 2.24) is 4.57 Å². The van der Waals surface area contributed by atoms with E-state index in [4.69, 9.17) is 4.74 Å².